The molecule has 0 aliphatic heterocycles. The maximum Gasteiger partial charge on any atom is 0.336 e. The van der Waals surface area contributed by atoms with E-state index >= 15 is 0 Å². The van der Waals surface area contributed by atoms with Crippen molar-refractivity contribution in [3.8, 4) is 23.7 Å². The summed E-state index contributed by atoms with van der Waals surface area (Å²) in [5, 5.41) is 69.5. The zero-order valence-corrected chi connectivity index (χ0v) is 39.2. The van der Waals surface area contributed by atoms with Crippen molar-refractivity contribution in [3.05, 3.63) is 106 Å². The number of nitrogens with two attached hydrogens (primary N) is 5. The van der Waals surface area contributed by atoms with E-state index in [4.69, 9.17) is 69.5 Å². The molecule has 374 valence electrons. The summed E-state index contributed by atoms with van der Waals surface area (Å²) in [4.78, 5) is 90.2. The first-order valence-corrected chi connectivity index (χ1v) is 20.6. The largest absolute Gasteiger partial charge is 0.480 e. The highest BCUT2D eigenvalue weighted by Crippen LogP contribution is 2.19. The number of hydrogen-bond acceptors (Lipinski definition) is 18. The van der Waals surface area contributed by atoms with Gasteiger partial charge in [0.05, 0.1) is 61.5 Å². The molecular formula is C44H49N7O16S3. The molecule has 70 heavy (non-hydrogen) atoms. The van der Waals surface area contributed by atoms with Crippen LogP contribution in [0.1, 0.15) is 52.6 Å². The SMILES string of the molecule is NCC#Cc1cc(N)cc(C#CCN)c1.Nc1ccc(N)cc1.O=C(O)CN(CCN(CC(=O)O)CC(=O)O)CC(=O)O.O=C(O)c1cc(C(=O)O)c(C(=O)O)cc1C(=O)O.Sc1cc(S)cc(S)c1. The Bertz CT molecular complexity index is 2350. The highest BCUT2D eigenvalue weighted by Gasteiger charge is 2.25. The number of aliphatic carboxylic acids is 4. The Balaban J connectivity index is 0.000000880. The molecule has 0 spiro atoms. The summed E-state index contributed by atoms with van der Waals surface area (Å²) in [7, 11) is 0. The highest BCUT2D eigenvalue weighted by molar-refractivity contribution is 7.81. The van der Waals surface area contributed by atoms with E-state index in [1.165, 1.54) is 0 Å². The third-order valence-corrected chi connectivity index (χ3v) is 8.47. The second-order valence-corrected chi connectivity index (χ2v) is 14.9. The van der Waals surface area contributed by atoms with Gasteiger partial charge in [0, 0.05) is 56.0 Å². The normalized spacial score (nSPS) is 9.64. The molecule has 0 saturated heterocycles. The van der Waals surface area contributed by atoms with E-state index in [1.54, 1.807) is 36.4 Å². The van der Waals surface area contributed by atoms with Gasteiger partial charge in [-0.3, -0.25) is 29.0 Å². The summed E-state index contributed by atoms with van der Waals surface area (Å²) in [5.41, 5.74) is 27.6. The van der Waals surface area contributed by atoms with E-state index in [0.29, 0.717) is 30.9 Å². The van der Waals surface area contributed by atoms with Crippen LogP contribution in [0.5, 0.6) is 0 Å². The van der Waals surface area contributed by atoms with Crippen molar-refractivity contribution in [1.29, 1.82) is 0 Å². The molecule has 4 aromatic rings. The Morgan fingerprint density at radius 1 is 0.414 bits per heavy atom. The molecule has 0 heterocycles. The fraction of sp³-hybridized carbons (Fsp3) is 0.182. The Hall–Kier alpha value is -7.95. The molecule has 4 aromatic carbocycles. The van der Waals surface area contributed by atoms with Crippen LogP contribution in [0.3, 0.4) is 0 Å². The van der Waals surface area contributed by atoms with Gasteiger partial charge in [-0.1, -0.05) is 23.7 Å². The van der Waals surface area contributed by atoms with E-state index in [2.05, 4.69) is 61.6 Å². The number of carboxylic acids is 8. The summed E-state index contributed by atoms with van der Waals surface area (Å²) >= 11 is 12.4. The number of rotatable bonds is 15. The minimum atomic E-state index is -1.66. The van der Waals surface area contributed by atoms with Crippen molar-refractivity contribution in [2.24, 2.45) is 11.5 Å². The van der Waals surface area contributed by atoms with Crippen LogP contribution < -0.4 is 28.7 Å². The first-order valence-electron chi connectivity index (χ1n) is 19.2. The number of nitrogens with zero attached hydrogens (tertiary/aromatic N) is 2. The van der Waals surface area contributed by atoms with E-state index < -0.39 is 96.2 Å². The van der Waals surface area contributed by atoms with Crippen molar-refractivity contribution in [2.75, 3.05) is 69.6 Å². The van der Waals surface area contributed by atoms with Crippen LogP contribution in [0.25, 0.3) is 0 Å². The minimum absolute atomic E-state index is 0.0703. The van der Waals surface area contributed by atoms with Crippen molar-refractivity contribution < 1.29 is 79.2 Å². The molecular weight excluding hydrogens is 979 g/mol. The number of carbonyl (C=O) groups is 8. The van der Waals surface area contributed by atoms with Crippen molar-refractivity contribution in [1.82, 2.24) is 9.80 Å². The third-order valence-electron chi connectivity index (χ3n) is 7.70. The molecule has 23 nitrogen and oxygen atoms in total. The molecule has 18 N–H and O–H groups in total. The predicted octanol–water partition coefficient (Wildman–Crippen LogP) is 1.70. The van der Waals surface area contributed by atoms with Crippen LogP contribution in [0, 0.1) is 23.7 Å². The summed E-state index contributed by atoms with van der Waals surface area (Å²) in [5.74, 6) is -0.207. The molecule has 0 unspecified atom stereocenters. The Labute approximate surface area is 415 Å². The van der Waals surface area contributed by atoms with Gasteiger partial charge in [0.2, 0.25) is 0 Å². The molecule has 0 aromatic heterocycles. The topological polar surface area (TPSA) is 435 Å². The first kappa shape index (κ1) is 62.1. The first-order chi connectivity index (χ1) is 32.7. The molecule has 0 aliphatic carbocycles. The number of hydrogen-bond donors (Lipinski definition) is 16. The lowest BCUT2D eigenvalue weighted by molar-refractivity contribution is -0.145. The van der Waals surface area contributed by atoms with Crippen LogP contribution in [-0.4, -0.2) is 151 Å². The second-order valence-electron chi connectivity index (χ2n) is 13.4. The average molecular weight is 1030 g/mol. The standard InChI is InChI=1S/C12H13N3.C10H16N2O8.C10H6O8.C6H8N2.C6H6S3/c13-5-1-3-10-7-11(4-2-6-14)9-12(15)8-10;13-7(14)3-11(4-8(15)16)1-2-12(5-9(17)18)6-10(19)20;11-7(12)3-1-4(8(13)14)6(10(17)18)2-5(3)9(15)16;7-5-1-2-6(8)4-3-5;7-4-1-5(8)3-6(9)2-4/h7-9H,5-6,13-15H2;1-6H2,(H,13,14)(H,15,16)(H,17,18)(H,19,20);1-2H,(H,11,12)(H,13,14)(H,15,16)(H,17,18);1-4H,7-8H2;1-3,7-9H. The number of carboxylic acid groups (broad SMARTS) is 8. The molecule has 0 aliphatic rings. The lowest BCUT2D eigenvalue weighted by Gasteiger charge is -2.23. The van der Waals surface area contributed by atoms with E-state index in [9.17, 15) is 38.4 Å². The Morgan fingerprint density at radius 3 is 0.886 bits per heavy atom. The molecule has 0 amide bonds. The number of anilines is 3. The second kappa shape index (κ2) is 32.7. The Kier molecular flexibility index (Phi) is 29.0. The summed E-state index contributed by atoms with van der Waals surface area (Å²) < 4.78 is 0. The van der Waals surface area contributed by atoms with Crippen LogP contribution in [-0.2, 0) is 19.2 Å². The van der Waals surface area contributed by atoms with Gasteiger partial charge in [-0.25, -0.2) is 19.2 Å². The molecule has 0 radical (unpaired) electrons. The van der Waals surface area contributed by atoms with Crippen LogP contribution in [0.4, 0.5) is 17.1 Å². The van der Waals surface area contributed by atoms with Gasteiger partial charge in [-0.2, -0.15) is 0 Å². The summed E-state index contributed by atoms with van der Waals surface area (Å²) in [6.45, 7) is -1.59. The zero-order chi connectivity index (χ0) is 53.7. The smallest absolute Gasteiger partial charge is 0.336 e. The van der Waals surface area contributed by atoms with Gasteiger partial charge < -0.3 is 69.5 Å². The average Bonchev–Trinajstić information content (AvgIpc) is 3.24. The maximum atomic E-state index is 10.8. The minimum Gasteiger partial charge on any atom is -0.480 e. The van der Waals surface area contributed by atoms with Gasteiger partial charge in [0.1, 0.15) is 0 Å². The van der Waals surface area contributed by atoms with Gasteiger partial charge in [0.15, 0.2) is 0 Å². The van der Waals surface area contributed by atoms with E-state index in [0.717, 1.165) is 47.0 Å². The summed E-state index contributed by atoms with van der Waals surface area (Å²) in [6.07, 6.45) is 0. The highest BCUT2D eigenvalue weighted by atomic mass is 32.1. The van der Waals surface area contributed by atoms with Gasteiger partial charge >= 0.3 is 47.8 Å². The molecule has 4 rings (SSSR count). The van der Waals surface area contributed by atoms with Gasteiger partial charge in [-0.05, 0) is 72.8 Å². The van der Waals surface area contributed by atoms with Crippen molar-refractivity contribution in [2.45, 2.75) is 14.7 Å². The van der Waals surface area contributed by atoms with Crippen molar-refractivity contribution in [3.63, 3.8) is 0 Å². The number of benzene rings is 4. The van der Waals surface area contributed by atoms with Crippen LogP contribution in [0.15, 0.2) is 87.5 Å². The van der Waals surface area contributed by atoms with Gasteiger partial charge in [0.25, 0.3) is 0 Å². The third kappa shape index (κ3) is 27.6. The molecule has 0 saturated carbocycles. The quantitative estimate of drug-likeness (QED) is 0.0458. The lowest BCUT2D eigenvalue weighted by Crippen LogP contribution is -2.43. The molecule has 26 heteroatoms. The maximum absolute atomic E-state index is 10.8. The van der Waals surface area contributed by atoms with Crippen LogP contribution >= 0.6 is 37.9 Å². The zero-order valence-electron chi connectivity index (χ0n) is 36.6. The molecule has 0 fully saturated rings. The lowest BCUT2D eigenvalue weighted by atomic mass is 9.98. The number of aromatic carboxylic acids is 4. The fourth-order valence-electron chi connectivity index (χ4n) is 4.96. The van der Waals surface area contributed by atoms with Crippen LogP contribution in [0.2, 0.25) is 0 Å². The van der Waals surface area contributed by atoms with Gasteiger partial charge in [-0.15, -0.1) is 37.9 Å². The monoisotopic (exact) mass is 1030 g/mol. The predicted molar refractivity (Wildman–Crippen MR) is 264 cm³/mol. The molecule has 0 bridgehead atoms. The Morgan fingerprint density at radius 2 is 0.671 bits per heavy atom. The van der Waals surface area contributed by atoms with E-state index in [1.807, 2.05) is 24.3 Å². The van der Waals surface area contributed by atoms with E-state index in [-0.39, 0.29) is 13.1 Å². The fourth-order valence-corrected chi connectivity index (χ4v) is 6.10. The van der Waals surface area contributed by atoms with Crippen molar-refractivity contribution >= 4 is 103 Å². The molecule has 0 atom stereocenters. The number of nitrogen functional groups attached to an aromatic ring is 3. The summed E-state index contributed by atoms with van der Waals surface area (Å²) in [6, 6.07) is 19.2. The number of thiol groups is 3.